The van der Waals surface area contributed by atoms with Crippen LogP contribution in [-0.2, 0) is 4.79 Å². The predicted octanol–water partition coefficient (Wildman–Crippen LogP) is 3.26. The monoisotopic (exact) mass is 416 g/mol. The van der Waals surface area contributed by atoms with Gasteiger partial charge in [0.05, 0.1) is 4.92 Å². The predicted molar refractivity (Wildman–Crippen MR) is 109 cm³/mol. The van der Waals surface area contributed by atoms with E-state index in [4.69, 9.17) is 11.6 Å². The molecule has 1 aromatic heterocycles. The molecule has 0 bridgehead atoms. The largest absolute Gasteiger partial charge is 0.353 e. The molecule has 0 N–H and O–H groups in total. The number of Topliss-reactive ketones (excluding diaryl/α,β-unsaturated/α-hetero) is 1. The quantitative estimate of drug-likeness (QED) is 0.407. The molecule has 1 saturated heterocycles. The van der Waals surface area contributed by atoms with Crippen LogP contribution < -0.4 is 4.90 Å². The number of hydrogen-bond acceptors (Lipinski definition) is 6. The van der Waals surface area contributed by atoms with Crippen LogP contribution in [0.25, 0.3) is 0 Å². The summed E-state index contributed by atoms with van der Waals surface area (Å²) in [4.78, 5) is 43.0. The van der Waals surface area contributed by atoms with Crippen LogP contribution in [0.2, 0.25) is 5.02 Å². The molecule has 1 fully saturated rings. The molecule has 152 valence electrons. The number of amides is 1. The molecular formula is C20H21ClN4O4. The minimum Gasteiger partial charge on any atom is -0.353 e. The van der Waals surface area contributed by atoms with E-state index in [-0.39, 0.29) is 30.2 Å². The third-order valence-electron chi connectivity index (χ3n) is 4.91. The van der Waals surface area contributed by atoms with E-state index in [1.165, 1.54) is 12.3 Å². The molecule has 1 aliphatic rings. The zero-order valence-electron chi connectivity index (χ0n) is 16.0. The highest BCUT2D eigenvalue weighted by atomic mass is 35.5. The summed E-state index contributed by atoms with van der Waals surface area (Å²) in [5, 5.41) is 11.4. The van der Waals surface area contributed by atoms with Crippen LogP contribution in [0.5, 0.6) is 0 Å². The molecule has 0 radical (unpaired) electrons. The van der Waals surface area contributed by atoms with Gasteiger partial charge in [-0.2, -0.15) is 0 Å². The molecule has 0 atom stereocenters. The molecule has 2 aromatic rings. The molecule has 2 heterocycles. The topological polar surface area (TPSA) is 96.7 Å². The number of carbonyl (C=O) groups is 2. The lowest BCUT2D eigenvalue weighted by atomic mass is 10.1. The summed E-state index contributed by atoms with van der Waals surface area (Å²) < 4.78 is 0. The van der Waals surface area contributed by atoms with Crippen molar-refractivity contribution >= 4 is 34.8 Å². The summed E-state index contributed by atoms with van der Waals surface area (Å²) >= 11 is 5.82. The zero-order valence-corrected chi connectivity index (χ0v) is 16.8. The summed E-state index contributed by atoms with van der Waals surface area (Å²) in [7, 11) is 0. The van der Waals surface area contributed by atoms with Gasteiger partial charge in [-0.1, -0.05) is 11.6 Å². The van der Waals surface area contributed by atoms with E-state index < -0.39 is 4.92 Å². The summed E-state index contributed by atoms with van der Waals surface area (Å²) in [6, 6.07) is 8.14. The van der Waals surface area contributed by atoms with Gasteiger partial charge in [0.25, 0.3) is 5.69 Å². The standard InChI is InChI=1S/C20H21ClN4O4/c1-14-12-17(25(28)29)13-22-20(14)24-10-8-23(9-11-24)19(27)7-6-18(26)15-2-4-16(21)5-3-15/h2-5,12-13H,6-11H2,1H3. The average Bonchev–Trinajstić information content (AvgIpc) is 2.72. The molecule has 0 unspecified atom stereocenters. The highest BCUT2D eigenvalue weighted by Crippen LogP contribution is 2.23. The zero-order chi connectivity index (χ0) is 21.0. The normalized spacial score (nSPS) is 14.0. The van der Waals surface area contributed by atoms with E-state index >= 15 is 0 Å². The number of carbonyl (C=O) groups excluding carboxylic acids is 2. The second-order valence-electron chi connectivity index (χ2n) is 6.89. The summed E-state index contributed by atoms with van der Waals surface area (Å²) in [5.74, 6) is 0.556. The molecular weight excluding hydrogens is 396 g/mol. The smallest absolute Gasteiger partial charge is 0.287 e. The van der Waals surface area contributed by atoms with Gasteiger partial charge in [0.2, 0.25) is 5.91 Å². The molecule has 1 amide bonds. The van der Waals surface area contributed by atoms with Crippen molar-refractivity contribution in [2.24, 2.45) is 0 Å². The second-order valence-corrected chi connectivity index (χ2v) is 7.33. The first-order chi connectivity index (χ1) is 13.8. The Bertz CT molecular complexity index is 925. The number of anilines is 1. The van der Waals surface area contributed by atoms with E-state index in [2.05, 4.69) is 4.98 Å². The lowest BCUT2D eigenvalue weighted by molar-refractivity contribution is -0.385. The fourth-order valence-electron chi connectivity index (χ4n) is 3.31. The lowest BCUT2D eigenvalue weighted by Crippen LogP contribution is -2.49. The highest BCUT2D eigenvalue weighted by molar-refractivity contribution is 6.30. The van der Waals surface area contributed by atoms with Crippen LogP contribution in [-0.4, -0.2) is 52.7 Å². The summed E-state index contributed by atoms with van der Waals surface area (Å²) in [6.45, 7) is 4.00. The van der Waals surface area contributed by atoms with Gasteiger partial charge in [-0.3, -0.25) is 19.7 Å². The Hall–Kier alpha value is -3.00. The lowest BCUT2D eigenvalue weighted by Gasteiger charge is -2.36. The van der Waals surface area contributed by atoms with Gasteiger partial charge in [0.1, 0.15) is 12.0 Å². The van der Waals surface area contributed by atoms with Crippen molar-refractivity contribution in [2.75, 3.05) is 31.1 Å². The van der Waals surface area contributed by atoms with Crippen molar-refractivity contribution in [1.29, 1.82) is 0 Å². The number of aromatic nitrogens is 1. The first kappa shape index (κ1) is 20.7. The third kappa shape index (κ3) is 5.08. The number of nitrogens with zero attached hydrogens (tertiary/aromatic N) is 4. The third-order valence-corrected chi connectivity index (χ3v) is 5.16. The van der Waals surface area contributed by atoms with E-state index in [9.17, 15) is 19.7 Å². The minimum absolute atomic E-state index is 0.0366. The second kappa shape index (κ2) is 9.00. The molecule has 1 aromatic carbocycles. The number of rotatable bonds is 6. The maximum absolute atomic E-state index is 12.5. The van der Waals surface area contributed by atoms with Gasteiger partial charge in [-0.05, 0) is 36.8 Å². The average molecular weight is 417 g/mol. The van der Waals surface area contributed by atoms with E-state index in [1.807, 2.05) is 4.90 Å². The van der Waals surface area contributed by atoms with E-state index in [1.54, 1.807) is 36.1 Å². The van der Waals surface area contributed by atoms with Crippen molar-refractivity contribution in [3.05, 3.63) is 62.8 Å². The van der Waals surface area contributed by atoms with Crippen molar-refractivity contribution in [3.63, 3.8) is 0 Å². The Morgan fingerprint density at radius 3 is 2.38 bits per heavy atom. The summed E-state index contributed by atoms with van der Waals surface area (Å²) in [5.41, 5.74) is 1.24. The van der Waals surface area contributed by atoms with Gasteiger partial charge in [-0.15, -0.1) is 0 Å². The number of hydrogen-bond donors (Lipinski definition) is 0. The Kier molecular flexibility index (Phi) is 6.43. The van der Waals surface area contributed by atoms with Crippen molar-refractivity contribution < 1.29 is 14.5 Å². The van der Waals surface area contributed by atoms with Crippen LogP contribution in [0.15, 0.2) is 36.5 Å². The van der Waals surface area contributed by atoms with E-state index in [0.717, 1.165) is 5.56 Å². The number of pyridine rings is 1. The first-order valence-corrected chi connectivity index (χ1v) is 9.65. The van der Waals surface area contributed by atoms with E-state index in [0.29, 0.717) is 42.6 Å². The van der Waals surface area contributed by atoms with Gasteiger partial charge in [0.15, 0.2) is 5.78 Å². The van der Waals surface area contributed by atoms with Crippen molar-refractivity contribution in [2.45, 2.75) is 19.8 Å². The summed E-state index contributed by atoms with van der Waals surface area (Å²) in [6.07, 6.45) is 1.57. The van der Waals surface area contributed by atoms with Gasteiger partial charge in [0, 0.05) is 55.7 Å². The first-order valence-electron chi connectivity index (χ1n) is 9.27. The Labute approximate surface area is 173 Å². The molecule has 0 aliphatic carbocycles. The number of piperazine rings is 1. The number of benzene rings is 1. The maximum Gasteiger partial charge on any atom is 0.287 e. The SMILES string of the molecule is Cc1cc([N+](=O)[O-])cnc1N1CCN(C(=O)CCC(=O)c2ccc(Cl)cc2)CC1. The molecule has 8 nitrogen and oxygen atoms in total. The van der Waals surface area contributed by atoms with Gasteiger partial charge in [-0.25, -0.2) is 4.98 Å². The molecule has 9 heteroatoms. The van der Waals surface area contributed by atoms with Gasteiger partial charge < -0.3 is 9.80 Å². The number of ketones is 1. The van der Waals surface area contributed by atoms with Crippen LogP contribution in [0, 0.1) is 17.0 Å². The fourth-order valence-corrected chi connectivity index (χ4v) is 3.44. The molecule has 0 saturated carbocycles. The molecule has 29 heavy (non-hydrogen) atoms. The maximum atomic E-state index is 12.5. The van der Waals surface area contributed by atoms with Crippen molar-refractivity contribution in [3.8, 4) is 0 Å². The van der Waals surface area contributed by atoms with Crippen LogP contribution in [0.3, 0.4) is 0 Å². The number of halogens is 1. The van der Waals surface area contributed by atoms with Crippen LogP contribution in [0.1, 0.15) is 28.8 Å². The Morgan fingerprint density at radius 1 is 1.14 bits per heavy atom. The number of nitro groups is 1. The molecule has 1 aliphatic heterocycles. The van der Waals surface area contributed by atoms with Crippen LogP contribution >= 0.6 is 11.6 Å². The van der Waals surface area contributed by atoms with Crippen molar-refractivity contribution in [1.82, 2.24) is 9.88 Å². The van der Waals surface area contributed by atoms with Gasteiger partial charge >= 0.3 is 0 Å². The Balaban J connectivity index is 1.51. The number of aryl methyl sites for hydroxylation is 1. The minimum atomic E-state index is -0.467. The fraction of sp³-hybridized carbons (Fsp3) is 0.350. The highest BCUT2D eigenvalue weighted by Gasteiger charge is 2.24. The van der Waals surface area contributed by atoms with Crippen LogP contribution in [0.4, 0.5) is 11.5 Å². The Morgan fingerprint density at radius 2 is 1.79 bits per heavy atom. The molecule has 0 spiro atoms. The molecule has 3 rings (SSSR count).